The summed E-state index contributed by atoms with van der Waals surface area (Å²) in [5, 5.41) is 5.06. The van der Waals surface area contributed by atoms with Gasteiger partial charge in [0.1, 0.15) is 23.0 Å². The third-order valence-electron chi connectivity index (χ3n) is 3.86. The number of thiazole rings is 1. The summed E-state index contributed by atoms with van der Waals surface area (Å²) in [6, 6.07) is 12.5. The first-order chi connectivity index (χ1) is 13.6. The van der Waals surface area contributed by atoms with Crippen molar-refractivity contribution in [2.24, 2.45) is 0 Å². The fourth-order valence-electron chi connectivity index (χ4n) is 2.45. The average Bonchev–Trinajstić information content (AvgIpc) is 3.20. The molecule has 0 aliphatic heterocycles. The molecule has 0 fully saturated rings. The number of carbonyl (C=O) groups excluding carboxylic acids is 1. The summed E-state index contributed by atoms with van der Waals surface area (Å²) >= 11 is 1.32. The van der Waals surface area contributed by atoms with Gasteiger partial charge in [-0.2, -0.15) is 0 Å². The van der Waals surface area contributed by atoms with Crippen LogP contribution in [0.15, 0.2) is 47.8 Å². The number of carbonyl (C=O) groups is 1. The Morgan fingerprint density at radius 3 is 2.32 bits per heavy atom. The van der Waals surface area contributed by atoms with Crippen LogP contribution in [0.4, 0.5) is 5.13 Å². The summed E-state index contributed by atoms with van der Waals surface area (Å²) in [5.41, 5.74) is 1.47. The Labute approximate surface area is 166 Å². The van der Waals surface area contributed by atoms with E-state index in [1.807, 2.05) is 23.6 Å². The van der Waals surface area contributed by atoms with E-state index in [2.05, 4.69) is 10.3 Å². The lowest BCUT2D eigenvalue weighted by atomic mass is 10.1. The van der Waals surface area contributed by atoms with Crippen molar-refractivity contribution in [2.45, 2.75) is 0 Å². The van der Waals surface area contributed by atoms with E-state index in [4.69, 9.17) is 18.9 Å². The number of nitrogens with one attached hydrogen (secondary N) is 1. The number of aromatic nitrogens is 1. The van der Waals surface area contributed by atoms with Crippen molar-refractivity contribution in [3.8, 4) is 34.3 Å². The molecule has 146 valence electrons. The van der Waals surface area contributed by atoms with Crippen LogP contribution in [0.1, 0.15) is 0 Å². The van der Waals surface area contributed by atoms with Crippen molar-refractivity contribution in [3.63, 3.8) is 0 Å². The molecule has 0 spiro atoms. The summed E-state index contributed by atoms with van der Waals surface area (Å²) in [7, 11) is 4.78. The second-order valence-electron chi connectivity index (χ2n) is 5.62. The van der Waals surface area contributed by atoms with Crippen molar-refractivity contribution < 1.29 is 23.7 Å². The number of hydrogen-bond donors (Lipinski definition) is 1. The Bertz CT molecular complexity index is 940. The molecular weight excluding hydrogens is 380 g/mol. The zero-order chi connectivity index (χ0) is 19.9. The molecule has 0 bridgehead atoms. The first kappa shape index (κ1) is 19.5. The molecule has 0 atom stereocenters. The standard InChI is InChI=1S/C20H20N2O5S/c1-24-13-4-6-14(7-5-13)27-11-19(23)22-20-21-17(12-28-20)16-10-15(25-2)8-9-18(16)26-3/h4-10,12H,11H2,1-3H3,(H,21,22,23). The molecule has 2 aromatic carbocycles. The van der Waals surface area contributed by atoms with E-state index in [1.165, 1.54) is 11.3 Å². The van der Waals surface area contributed by atoms with Crippen molar-refractivity contribution in [3.05, 3.63) is 47.8 Å². The highest BCUT2D eigenvalue weighted by Gasteiger charge is 2.13. The highest BCUT2D eigenvalue weighted by Crippen LogP contribution is 2.35. The van der Waals surface area contributed by atoms with Crippen molar-refractivity contribution in [1.29, 1.82) is 0 Å². The number of anilines is 1. The van der Waals surface area contributed by atoms with Crippen LogP contribution in [-0.2, 0) is 4.79 Å². The van der Waals surface area contributed by atoms with Gasteiger partial charge in [-0.25, -0.2) is 4.98 Å². The lowest BCUT2D eigenvalue weighted by Crippen LogP contribution is -2.20. The van der Waals surface area contributed by atoms with Gasteiger partial charge in [-0.15, -0.1) is 11.3 Å². The summed E-state index contributed by atoms with van der Waals surface area (Å²) in [4.78, 5) is 16.6. The SMILES string of the molecule is COc1ccc(OCC(=O)Nc2nc(-c3cc(OC)ccc3OC)cs2)cc1. The van der Waals surface area contributed by atoms with E-state index in [1.54, 1.807) is 45.6 Å². The maximum Gasteiger partial charge on any atom is 0.264 e. The van der Waals surface area contributed by atoms with Crippen LogP contribution in [0, 0.1) is 0 Å². The van der Waals surface area contributed by atoms with Crippen molar-refractivity contribution >= 4 is 22.4 Å². The van der Waals surface area contributed by atoms with Gasteiger partial charge in [0.2, 0.25) is 0 Å². The van der Waals surface area contributed by atoms with Crippen molar-refractivity contribution in [1.82, 2.24) is 4.98 Å². The van der Waals surface area contributed by atoms with Gasteiger partial charge >= 0.3 is 0 Å². The highest BCUT2D eigenvalue weighted by molar-refractivity contribution is 7.14. The molecule has 0 saturated heterocycles. The lowest BCUT2D eigenvalue weighted by Gasteiger charge is -2.08. The normalized spacial score (nSPS) is 10.2. The molecule has 0 unspecified atom stereocenters. The predicted molar refractivity (Wildman–Crippen MR) is 108 cm³/mol. The van der Waals surface area contributed by atoms with Gasteiger partial charge in [0.25, 0.3) is 5.91 Å². The van der Waals surface area contributed by atoms with Gasteiger partial charge in [0.05, 0.1) is 27.0 Å². The minimum Gasteiger partial charge on any atom is -0.497 e. The second-order valence-corrected chi connectivity index (χ2v) is 6.47. The van der Waals surface area contributed by atoms with E-state index in [0.717, 1.165) is 11.3 Å². The van der Waals surface area contributed by atoms with E-state index < -0.39 is 0 Å². The Kier molecular flexibility index (Phi) is 6.33. The first-order valence-corrected chi connectivity index (χ1v) is 9.25. The fourth-order valence-corrected chi connectivity index (χ4v) is 3.17. The number of amides is 1. The van der Waals surface area contributed by atoms with Gasteiger partial charge in [-0.3, -0.25) is 10.1 Å². The molecule has 0 aliphatic carbocycles. The molecule has 0 radical (unpaired) electrons. The summed E-state index contributed by atoms with van der Waals surface area (Å²) < 4.78 is 21.2. The van der Waals surface area contributed by atoms with Gasteiger partial charge in [-0.05, 0) is 42.5 Å². The largest absolute Gasteiger partial charge is 0.497 e. The number of benzene rings is 2. The van der Waals surface area contributed by atoms with Crippen LogP contribution in [0.3, 0.4) is 0 Å². The number of nitrogens with zero attached hydrogens (tertiary/aromatic N) is 1. The first-order valence-electron chi connectivity index (χ1n) is 8.37. The molecule has 3 aromatic rings. The molecule has 8 heteroatoms. The second kappa shape index (κ2) is 9.09. The summed E-state index contributed by atoms with van der Waals surface area (Å²) in [5.74, 6) is 2.38. The van der Waals surface area contributed by atoms with Crippen LogP contribution in [0.2, 0.25) is 0 Å². The Morgan fingerprint density at radius 2 is 1.64 bits per heavy atom. The van der Waals surface area contributed by atoms with Crippen LogP contribution >= 0.6 is 11.3 Å². The molecule has 3 rings (SSSR count). The maximum atomic E-state index is 12.1. The van der Waals surface area contributed by atoms with E-state index in [9.17, 15) is 4.79 Å². The Hall–Kier alpha value is -3.26. The number of rotatable bonds is 8. The number of methoxy groups -OCH3 is 3. The smallest absolute Gasteiger partial charge is 0.264 e. The molecule has 1 aromatic heterocycles. The third kappa shape index (κ3) is 4.72. The molecule has 1 amide bonds. The minimum atomic E-state index is -0.297. The van der Waals surface area contributed by atoms with Gasteiger partial charge in [-0.1, -0.05) is 0 Å². The molecule has 0 aliphatic rings. The lowest BCUT2D eigenvalue weighted by molar-refractivity contribution is -0.118. The summed E-state index contributed by atoms with van der Waals surface area (Å²) in [6.07, 6.45) is 0. The summed E-state index contributed by atoms with van der Waals surface area (Å²) in [6.45, 7) is -0.121. The van der Waals surface area contributed by atoms with Gasteiger partial charge in [0, 0.05) is 10.9 Å². The van der Waals surface area contributed by atoms with Gasteiger partial charge in [0.15, 0.2) is 11.7 Å². The zero-order valence-electron chi connectivity index (χ0n) is 15.7. The molecule has 28 heavy (non-hydrogen) atoms. The quantitative estimate of drug-likeness (QED) is 0.619. The topological polar surface area (TPSA) is 78.9 Å². The van der Waals surface area contributed by atoms with Crippen molar-refractivity contribution in [2.75, 3.05) is 33.3 Å². The zero-order valence-corrected chi connectivity index (χ0v) is 16.5. The molecule has 7 nitrogen and oxygen atoms in total. The Morgan fingerprint density at radius 1 is 0.964 bits per heavy atom. The molecule has 1 heterocycles. The number of ether oxygens (including phenoxy) is 4. The number of hydrogen-bond acceptors (Lipinski definition) is 7. The Balaban J connectivity index is 1.63. The minimum absolute atomic E-state index is 0.121. The predicted octanol–water partition coefficient (Wildman–Crippen LogP) is 3.85. The van der Waals surface area contributed by atoms with Crippen LogP contribution in [0.25, 0.3) is 11.3 Å². The fraction of sp³-hybridized carbons (Fsp3) is 0.200. The third-order valence-corrected chi connectivity index (χ3v) is 4.62. The van der Waals surface area contributed by atoms with E-state index in [-0.39, 0.29) is 12.5 Å². The van der Waals surface area contributed by atoms with E-state index >= 15 is 0 Å². The molecule has 1 N–H and O–H groups in total. The molecular formula is C20H20N2O5S. The van der Waals surface area contributed by atoms with Crippen LogP contribution in [0.5, 0.6) is 23.0 Å². The van der Waals surface area contributed by atoms with Crippen LogP contribution < -0.4 is 24.3 Å². The van der Waals surface area contributed by atoms with E-state index in [0.29, 0.717) is 28.1 Å². The highest BCUT2D eigenvalue weighted by atomic mass is 32.1. The maximum absolute atomic E-state index is 12.1. The van der Waals surface area contributed by atoms with Gasteiger partial charge < -0.3 is 18.9 Å². The monoisotopic (exact) mass is 400 g/mol. The average molecular weight is 400 g/mol. The molecule has 0 saturated carbocycles. The van der Waals surface area contributed by atoms with Crippen LogP contribution in [-0.4, -0.2) is 38.8 Å².